The fourth-order valence-corrected chi connectivity index (χ4v) is 4.42. The van der Waals surface area contributed by atoms with Crippen LogP contribution < -0.4 is 10.2 Å². The maximum absolute atomic E-state index is 12.7. The van der Waals surface area contributed by atoms with Crippen molar-refractivity contribution in [3.05, 3.63) is 78.9 Å². The monoisotopic (exact) mass is 419 g/mol. The first-order valence-corrected chi connectivity index (χ1v) is 10.9. The maximum Gasteiger partial charge on any atom is 0.238 e. The van der Waals surface area contributed by atoms with Gasteiger partial charge in [-0.1, -0.05) is 42.1 Å². The number of nitrogens with one attached hydrogen (secondary N) is 1. The van der Waals surface area contributed by atoms with Crippen molar-refractivity contribution >= 4 is 29.0 Å². The lowest BCUT2D eigenvalue weighted by molar-refractivity contribution is -0.117. The van der Waals surface area contributed by atoms with Crippen LogP contribution in [-0.4, -0.2) is 48.6 Å². The minimum absolute atomic E-state index is 0.00851. The Morgan fingerprint density at radius 2 is 1.53 bits per heavy atom. The van der Waals surface area contributed by atoms with Crippen LogP contribution in [0.5, 0.6) is 5.75 Å². The Bertz CT molecular complexity index is 971. The second-order valence-electron chi connectivity index (χ2n) is 7.24. The number of aromatic hydroxyl groups is 1. The van der Waals surface area contributed by atoms with Gasteiger partial charge in [-0.25, -0.2) is 0 Å². The highest BCUT2D eigenvalue weighted by Gasteiger charge is 2.19. The van der Waals surface area contributed by atoms with Crippen LogP contribution >= 0.6 is 11.8 Å². The van der Waals surface area contributed by atoms with Crippen LogP contribution in [0.2, 0.25) is 0 Å². The van der Waals surface area contributed by atoms with Crippen LogP contribution in [0.3, 0.4) is 0 Å². The summed E-state index contributed by atoms with van der Waals surface area (Å²) < 4.78 is 0. The number of carbonyl (C=O) groups is 1. The van der Waals surface area contributed by atoms with E-state index in [1.165, 1.54) is 0 Å². The van der Waals surface area contributed by atoms with Gasteiger partial charge >= 0.3 is 0 Å². The quantitative estimate of drug-likeness (QED) is 0.624. The standard InChI is InChI=1S/C24H25N3O2S/c28-20-12-10-19(11-13-20)27-16-14-26(15-17-27)18-24(29)25-22-8-4-5-9-23(22)30-21-6-2-1-3-7-21/h1-13,28H,14-18H2,(H,25,29). The van der Waals surface area contributed by atoms with E-state index in [1.54, 1.807) is 23.9 Å². The van der Waals surface area contributed by atoms with E-state index in [0.717, 1.165) is 47.3 Å². The van der Waals surface area contributed by atoms with Crippen molar-refractivity contribution in [2.75, 3.05) is 42.9 Å². The molecule has 6 heteroatoms. The fraction of sp³-hybridized carbons (Fsp3) is 0.208. The third kappa shape index (κ3) is 5.34. The van der Waals surface area contributed by atoms with E-state index in [-0.39, 0.29) is 11.7 Å². The average Bonchev–Trinajstić information content (AvgIpc) is 2.77. The SMILES string of the molecule is O=C(CN1CCN(c2ccc(O)cc2)CC1)Nc1ccccc1Sc1ccccc1. The first-order valence-electron chi connectivity index (χ1n) is 10.1. The molecular weight excluding hydrogens is 394 g/mol. The van der Waals surface area contributed by atoms with E-state index in [1.807, 2.05) is 54.6 Å². The zero-order valence-corrected chi connectivity index (χ0v) is 17.5. The van der Waals surface area contributed by atoms with Crippen molar-refractivity contribution < 1.29 is 9.90 Å². The Morgan fingerprint density at radius 1 is 0.867 bits per heavy atom. The number of hydrogen-bond donors (Lipinski definition) is 2. The first-order chi connectivity index (χ1) is 14.7. The summed E-state index contributed by atoms with van der Waals surface area (Å²) in [6.45, 7) is 3.76. The van der Waals surface area contributed by atoms with Crippen molar-refractivity contribution in [1.29, 1.82) is 0 Å². The zero-order chi connectivity index (χ0) is 20.8. The minimum atomic E-state index is 0.00851. The Morgan fingerprint density at radius 3 is 2.27 bits per heavy atom. The van der Waals surface area contributed by atoms with Crippen LogP contribution in [-0.2, 0) is 4.79 Å². The topological polar surface area (TPSA) is 55.8 Å². The van der Waals surface area contributed by atoms with Crippen LogP contribution in [0.15, 0.2) is 88.7 Å². The van der Waals surface area contributed by atoms with E-state index in [2.05, 4.69) is 27.2 Å². The molecule has 1 heterocycles. The predicted molar refractivity (Wildman–Crippen MR) is 122 cm³/mol. The van der Waals surface area contributed by atoms with Crippen molar-refractivity contribution in [2.45, 2.75) is 9.79 Å². The number of anilines is 2. The Hall–Kier alpha value is -2.96. The third-order valence-electron chi connectivity index (χ3n) is 5.09. The molecule has 0 saturated carbocycles. The zero-order valence-electron chi connectivity index (χ0n) is 16.7. The minimum Gasteiger partial charge on any atom is -0.508 e. The molecule has 0 unspecified atom stereocenters. The maximum atomic E-state index is 12.7. The number of amides is 1. The number of phenolic OH excluding ortho intramolecular Hbond substituents is 1. The normalized spacial score (nSPS) is 14.5. The van der Waals surface area contributed by atoms with Crippen LogP contribution in [0.4, 0.5) is 11.4 Å². The molecular formula is C24H25N3O2S. The molecule has 3 aromatic carbocycles. The van der Waals surface area contributed by atoms with E-state index >= 15 is 0 Å². The summed E-state index contributed by atoms with van der Waals surface area (Å²) in [7, 11) is 0. The molecule has 0 spiro atoms. The summed E-state index contributed by atoms with van der Waals surface area (Å²) in [5, 5.41) is 12.5. The second kappa shape index (κ2) is 9.69. The lowest BCUT2D eigenvalue weighted by atomic mass is 10.2. The number of piperazine rings is 1. The molecule has 1 amide bonds. The van der Waals surface area contributed by atoms with Gasteiger partial charge in [0, 0.05) is 41.7 Å². The molecule has 0 aliphatic carbocycles. The number of para-hydroxylation sites is 1. The van der Waals surface area contributed by atoms with Gasteiger partial charge in [0.05, 0.1) is 12.2 Å². The molecule has 1 saturated heterocycles. The Balaban J connectivity index is 1.31. The number of rotatable bonds is 6. The molecule has 3 aromatic rings. The highest BCUT2D eigenvalue weighted by molar-refractivity contribution is 7.99. The summed E-state index contributed by atoms with van der Waals surface area (Å²) in [5.74, 6) is 0.286. The lowest BCUT2D eigenvalue weighted by Gasteiger charge is -2.35. The highest BCUT2D eigenvalue weighted by atomic mass is 32.2. The van der Waals surface area contributed by atoms with E-state index < -0.39 is 0 Å². The van der Waals surface area contributed by atoms with Gasteiger partial charge in [0.15, 0.2) is 0 Å². The van der Waals surface area contributed by atoms with Crippen molar-refractivity contribution in [2.24, 2.45) is 0 Å². The number of hydrogen-bond acceptors (Lipinski definition) is 5. The Kier molecular flexibility index (Phi) is 6.57. The van der Waals surface area contributed by atoms with Crippen LogP contribution in [0.1, 0.15) is 0 Å². The smallest absolute Gasteiger partial charge is 0.238 e. The Labute approximate surface area is 181 Å². The van der Waals surface area contributed by atoms with E-state index in [4.69, 9.17) is 0 Å². The van der Waals surface area contributed by atoms with Crippen molar-refractivity contribution in [1.82, 2.24) is 4.90 Å². The second-order valence-corrected chi connectivity index (χ2v) is 8.35. The molecule has 2 N–H and O–H groups in total. The van der Waals surface area contributed by atoms with Gasteiger partial charge in [0.25, 0.3) is 0 Å². The van der Waals surface area contributed by atoms with Crippen LogP contribution in [0.25, 0.3) is 0 Å². The molecule has 0 bridgehead atoms. The number of nitrogens with zero attached hydrogens (tertiary/aromatic N) is 2. The number of benzene rings is 3. The van der Waals surface area contributed by atoms with E-state index in [9.17, 15) is 9.90 Å². The average molecular weight is 420 g/mol. The first kappa shape index (κ1) is 20.3. The summed E-state index contributed by atoms with van der Waals surface area (Å²) in [5.41, 5.74) is 1.95. The van der Waals surface area contributed by atoms with Crippen LogP contribution in [0, 0.1) is 0 Å². The fourth-order valence-electron chi connectivity index (χ4n) is 3.49. The molecule has 1 aliphatic heterocycles. The molecule has 5 nitrogen and oxygen atoms in total. The van der Waals surface area contributed by atoms with Gasteiger partial charge in [-0.05, 0) is 48.5 Å². The lowest BCUT2D eigenvalue weighted by Crippen LogP contribution is -2.48. The predicted octanol–water partition coefficient (Wildman–Crippen LogP) is 4.30. The summed E-state index contributed by atoms with van der Waals surface area (Å²) in [6.07, 6.45) is 0. The number of phenols is 1. The van der Waals surface area contributed by atoms with Gasteiger partial charge < -0.3 is 15.3 Å². The molecule has 30 heavy (non-hydrogen) atoms. The molecule has 154 valence electrons. The summed E-state index contributed by atoms with van der Waals surface area (Å²) in [4.78, 5) is 19.3. The highest BCUT2D eigenvalue weighted by Crippen LogP contribution is 2.33. The largest absolute Gasteiger partial charge is 0.508 e. The molecule has 0 radical (unpaired) electrons. The third-order valence-corrected chi connectivity index (χ3v) is 6.17. The molecule has 1 aliphatic rings. The van der Waals surface area contributed by atoms with Crippen molar-refractivity contribution in [3.8, 4) is 5.75 Å². The molecule has 0 atom stereocenters. The summed E-state index contributed by atoms with van der Waals surface area (Å²) >= 11 is 1.65. The van der Waals surface area contributed by atoms with Gasteiger partial charge in [-0.15, -0.1) is 0 Å². The van der Waals surface area contributed by atoms with Crippen molar-refractivity contribution in [3.63, 3.8) is 0 Å². The van der Waals surface area contributed by atoms with Gasteiger partial charge in [0.1, 0.15) is 5.75 Å². The molecule has 4 rings (SSSR count). The van der Waals surface area contributed by atoms with E-state index in [0.29, 0.717) is 6.54 Å². The molecule has 0 aromatic heterocycles. The summed E-state index contributed by atoms with van der Waals surface area (Å²) in [6, 6.07) is 25.4. The molecule has 1 fully saturated rings. The van der Waals surface area contributed by atoms with Gasteiger partial charge in [-0.3, -0.25) is 9.69 Å². The van der Waals surface area contributed by atoms with Gasteiger partial charge in [-0.2, -0.15) is 0 Å². The number of carbonyl (C=O) groups excluding carboxylic acids is 1. The van der Waals surface area contributed by atoms with Gasteiger partial charge in [0.2, 0.25) is 5.91 Å².